The van der Waals surface area contributed by atoms with E-state index in [2.05, 4.69) is 29.3 Å². The summed E-state index contributed by atoms with van der Waals surface area (Å²) in [5.41, 5.74) is 2.95. The molecule has 138 valence electrons. The van der Waals surface area contributed by atoms with Crippen LogP contribution in [-0.4, -0.2) is 19.1 Å². The van der Waals surface area contributed by atoms with Crippen LogP contribution < -0.4 is 15.4 Å². The Bertz CT molecular complexity index is 933. The molecule has 0 bridgehead atoms. The fraction of sp³-hybridized carbons (Fsp3) is 0.174. The van der Waals surface area contributed by atoms with Crippen molar-refractivity contribution in [2.24, 2.45) is 0 Å². The fourth-order valence-corrected chi connectivity index (χ4v) is 2.91. The molecule has 0 saturated carbocycles. The largest absolute Gasteiger partial charge is 0.483 e. The molecular formula is C23H24N2O2. The number of nitrogens with one attached hydrogen (secondary N) is 2. The zero-order valence-electron chi connectivity index (χ0n) is 15.5. The lowest BCUT2D eigenvalue weighted by atomic mass is 10.0. The van der Waals surface area contributed by atoms with Gasteiger partial charge in [-0.05, 0) is 35.9 Å². The van der Waals surface area contributed by atoms with Crippen molar-refractivity contribution in [3.63, 3.8) is 0 Å². The first-order valence-electron chi connectivity index (χ1n) is 8.99. The van der Waals surface area contributed by atoms with Crippen LogP contribution in [0.4, 0.5) is 5.69 Å². The van der Waals surface area contributed by atoms with Gasteiger partial charge in [-0.1, -0.05) is 54.1 Å². The van der Waals surface area contributed by atoms with Crippen molar-refractivity contribution < 1.29 is 9.53 Å². The van der Waals surface area contributed by atoms with Gasteiger partial charge in [0.05, 0.1) is 0 Å². The number of ether oxygens (including phenoxy) is 1. The van der Waals surface area contributed by atoms with Crippen LogP contribution in [0.15, 0.2) is 73.3 Å². The van der Waals surface area contributed by atoms with Gasteiger partial charge in [-0.2, -0.15) is 0 Å². The molecule has 0 unspecified atom stereocenters. The second-order valence-corrected chi connectivity index (χ2v) is 6.39. The van der Waals surface area contributed by atoms with Crippen molar-refractivity contribution in [3.8, 4) is 5.75 Å². The van der Waals surface area contributed by atoms with E-state index in [4.69, 9.17) is 4.74 Å². The number of hydrogen-bond acceptors (Lipinski definition) is 3. The van der Waals surface area contributed by atoms with Gasteiger partial charge in [0.15, 0.2) is 6.61 Å². The molecule has 27 heavy (non-hydrogen) atoms. The lowest BCUT2D eigenvalue weighted by molar-refractivity contribution is -0.118. The Morgan fingerprint density at radius 1 is 1.07 bits per heavy atom. The highest BCUT2D eigenvalue weighted by atomic mass is 16.5. The van der Waals surface area contributed by atoms with Gasteiger partial charge in [0.25, 0.3) is 5.91 Å². The fourth-order valence-electron chi connectivity index (χ4n) is 2.91. The predicted molar refractivity (Wildman–Crippen MR) is 111 cm³/mol. The van der Waals surface area contributed by atoms with Crippen molar-refractivity contribution in [2.75, 3.05) is 18.5 Å². The standard InChI is InChI=1S/C23H24N2O2/c1-3-14-24-15-21-20-7-5-4-6-18(20)10-13-22(21)27-16-23(26)25-19-11-8-17(2)9-12-19/h3-13,24H,1,14-16H2,2H3,(H,25,26). The first kappa shape index (κ1) is 18.7. The molecule has 0 aliphatic heterocycles. The Kier molecular flexibility index (Phi) is 6.23. The molecule has 4 heteroatoms. The van der Waals surface area contributed by atoms with E-state index in [-0.39, 0.29) is 12.5 Å². The summed E-state index contributed by atoms with van der Waals surface area (Å²) in [5, 5.41) is 8.43. The van der Waals surface area contributed by atoms with Crippen molar-refractivity contribution in [1.29, 1.82) is 0 Å². The third-order valence-corrected chi connectivity index (χ3v) is 4.28. The molecule has 3 rings (SSSR count). The Morgan fingerprint density at radius 2 is 1.85 bits per heavy atom. The summed E-state index contributed by atoms with van der Waals surface area (Å²) in [4.78, 5) is 12.2. The van der Waals surface area contributed by atoms with E-state index >= 15 is 0 Å². The van der Waals surface area contributed by atoms with Gasteiger partial charge in [-0.25, -0.2) is 0 Å². The average molecular weight is 360 g/mol. The van der Waals surface area contributed by atoms with Crippen molar-refractivity contribution in [3.05, 3.63) is 84.4 Å². The van der Waals surface area contributed by atoms with Crippen LogP contribution >= 0.6 is 0 Å². The first-order valence-corrected chi connectivity index (χ1v) is 8.99. The van der Waals surface area contributed by atoms with Gasteiger partial charge in [0.1, 0.15) is 5.75 Å². The summed E-state index contributed by atoms with van der Waals surface area (Å²) in [6.45, 7) is 7.05. The number of rotatable bonds is 8. The Labute approximate surface area is 159 Å². The molecule has 3 aromatic carbocycles. The third kappa shape index (κ3) is 4.96. The highest BCUT2D eigenvalue weighted by molar-refractivity contribution is 5.92. The molecule has 0 heterocycles. The zero-order valence-corrected chi connectivity index (χ0v) is 15.5. The van der Waals surface area contributed by atoms with Crippen LogP contribution in [-0.2, 0) is 11.3 Å². The number of anilines is 1. The number of carbonyl (C=O) groups is 1. The Balaban J connectivity index is 1.73. The summed E-state index contributed by atoms with van der Waals surface area (Å²) >= 11 is 0. The quantitative estimate of drug-likeness (QED) is 0.461. The van der Waals surface area contributed by atoms with Gasteiger partial charge in [-0.15, -0.1) is 6.58 Å². The maximum atomic E-state index is 12.2. The van der Waals surface area contributed by atoms with Crippen molar-refractivity contribution >= 4 is 22.4 Å². The molecule has 1 amide bonds. The molecule has 0 spiro atoms. The number of aryl methyl sites for hydroxylation is 1. The second kappa shape index (κ2) is 9.01. The maximum Gasteiger partial charge on any atom is 0.262 e. The Morgan fingerprint density at radius 3 is 2.63 bits per heavy atom. The molecule has 0 saturated heterocycles. The predicted octanol–water partition coefficient (Wildman–Crippen LogP) is 4.44. The van der Waals surface area contributed by atoms with Gasteiger partial charge in [-0.3, -0.25) is 4.79 Å². The number of amides is 1. The minimum atomic E-state index is -0.183. The molecule has 0 atom stereocenters. The summed E-state index contributed by atoms with van der Waals surface area (Å²) < 4.78 is 5.86. The average Bonchev–Trinajstić information content (AvgIpc) is 2.69. The SMILES string of the molecule is C=CCNCc1c(OCC(=O)Nc2ccc(C)cc2)ccc2ccccc12. The van der Waals surface area contributed by atoms with Gasteiger partial charge in [0.2, 0.25) is 0 Å². The highest BCUT2D eigenvalue weighted by Gasteiger charge is 2.11. The number of benzene rings is 3. The van der Waals surface area contributed by atoms with E-state index in [1.165, 1.54) is 0 Å². The van der Waals surface area contributed by atoms with Gasteiger partial charge >= 0.3 is 0 Å². The van der Waals surface area contributed by atoms with Crippen LogP contribution in [0.25, 0.3) is 10.8 Å². The van der Waals surface area contributed by atoms with Crippen molar-refractivity contribution in [2.45, 2.75) is 13.5 Å². The summed E-state index contributed by atoms with van der Waals surface area (Å²) in [7, 11) is 0. The summed E-state index contributed by atoms with van der Waals surface area (Å²) in [6, 6.07) is 19.8. The lowest BCUT2D eigenvalue weighted by Gasteiger charge is -2.15. The van der Waals surface area contributed by atoms with Crippen LogP contribution in [0.2, 0.25) is 0 Å². The minimum absolute atomic E-state index is 0.0410. The monoisotopic (exact) mass is 360 g/mol. The van der Waals surface area contributed by atoms with Crippen LogP contribution in [0.1, 0.15) is 11.1 Å². The molecule has 0 aliphatic rings. The highest BCUT2D eigenvalue weighted by Crippen LogP contribution is 2.28. The molecule has 0 radical (unpaired) electrons. The van der Waals surface area contributed by atoms with E-state index in [1.54, 1.807) is 0 Å². The van der Waals surface area contributed by atoms with Crippen LogP contribution in [0.5, 0.6) is 5.75 Å². The Hall–Kier alpha value is -3.11. The molecule has 2 N–H and O–H groups in total. The van der Waals surface area contributed by atoms with E-state index in [1.807, 2.05) is 61.5 Å². The molecular weight excluding hydrogens is 336 g/mol. The first-order chi connectivity index (χ1) is 13.2. The van der Waals surface area contributed by atoms with E-state index < -0.39 is 0 Å². The normalized spacial score (nSPS) is 10.6. The molecule has 0 aromatic heterocycles. The molecule has 4 nitrogen and oxygen atoms in total. The van der Waals surface area contributed by atoms with Crippen molar-refractivity contribution in [1.82, 2.24) is 5.32 Å². The number of fused-ring (bicyclic) bond motifs is 1. The van der Waals surface area contributed by atoms with Gasteiger partial charge < -0.3 is 15.4 Å². The summed E-state index contributed by atoms with van der Waals surface area (Å²) in [6.07, 6.45) is 1.82. The number of carbonyl (C=O) groups excluding carboxylic acids is 1. The minimum Gasteiger partial charge on any atom is -0.483 e. The second-order valence-electron chi connectivity index (χ2n) is 6.39. The van der Waals surface area contributed by atoms with E-state index in [0.29, 0.717) is 18.8 Å². The smallest absolute Gasteiger partial charge is 0.262 e. The summed E-state index contributed by atoms with van der Waals surface area (Å²) in [5.74, 6) is 0.529. The maximum absolute atomic E-state index is 12.2. The topological polar surface area (TPSA) is 50.4 Å². The van der Waals surface area contributed by atoms with Crippen LogP contribution in [0.3, 0.4) is 0 Å². The van der Waals surface area contributed by atoms with E-state index in [0.717, 1.165) is 27.6 Å². The number of hydrogen-bond donors (Lipinski definition) is 2. The zero-order chi connectivity index (χ0) is 19.1. The third-order valence-electron chi connectivity index (χ3n) is 4.28. The van der Waals surface area contributed by atoms with Crippen LogP contribution in [0, 0.1) is 6.92 Å². The van der Waals surface area contributed by atoms with Gasteiger partial charge in [0, 0.05) is 24.3 Å². The van der Waals surface area contributed by atoms with E-state index in [9.17, 15) is 4.79 Å². The molecule has 3 aromatic rings. The lowest BCUT2D eigenvalue weighted by Crippen LogP contribution is -2.21. The molecule has 0 aliphatic carbocycles. The molecule has 0 fully saturated rings.